The van der Waals surface area contributed by atoms with Crippen molar-refractivity contribution in [2.45, 2.75) is 32.9 Å². The Hall–Kier alpha value is -0.900. The summed E-state index contributed by atoms with van der Waals surface area (Å²) in [7, 11) is 2.06. The summed E-state index contributed by atoms with van der Waals surface area (Å²) in [5, 5.41) is 3.51. The SMILES string of the molecule is CNC(c1ccccc1)C(C)(C)CN1CCOCC1C. The van der Waals surface area contributed by atoms with Gasteiger partial charge in [-0.1, -0.05) is 44.2 Å². The molecular weight excluding hydrogens is 248 g/mol. The van der Waals surface area contributed by atoms with Gasteiger partial charge >= 0.3 is 0 Å². The molecule has 0 bridgehead atoms. The van der Waals surface area contributed by atoms with E-state index in [-0.39, 0.29) is 5.41 Å². The topological polar surface area (TPSA) is 24.5 Å². The lowest BCUT2D eigenvalue weighted by atomic mass is 9.79. The highest BCUT2D eigenvalue weighted by atomic mass is 16.5. The molecule has 1 aliphatic heterocycles. The molecule has 0 saturated carbocycles. The Morgan fingerprint density at radius 2 is 2.05 bits per heavy atom. The highest BCUT2D eigenvalue weighted by Crippen LogP contribution is 2.34. The fourth-order valence-corrected chi connectivity index (χ4v) is 3.27. The van der Waals surface area contributed by atoms with Crippen molar-refractivity contribution in [2.24, 2.45) is 5.41 Å². The normalized spacial score (nSPS) is 22.7. The molecule has 1 saturated heterocycles. The second kappa shape index (κ2) is 6.70. The van der Waals surface area contributed by atoms with Gasteiger partial charge in [-0.05, 0) is 24.9 Å². The van der Waals surface area contributed by atoms with Crippen LogP contribution >= 0.6 is 0 Å². The zero-order valence-electron chi connectivity index (χ0n) is 13.2. The zero-order valence-corrected chi connectivity index (χ0v) is 13.2. The van der Waals surface area contributed by atoms with Crippen molar-refractivity contribution in [2.75, 3.05) is 33.4 Å². The van der Waals surface area contributed by atoms with E-state index in [1.165, 1.54) is 5.56 Å². The summed E-state index contributed by atoms with van der Waals surface area (Å²) in [4.78, 5) is 2.55. The van der Waals surface area contributed by atoms with E-state index >= 15 is 0 Å². The van der Waals surface area contributed by atoms with Crippen molar-refractivity contribution in [1.82, 2.24) is 10.2 Å². The molecule has 1 aliphatic rings. The molecule has 1 fully saturated rings. The van der Waals surface area contributed by atoms with Gasteiger partial charge in [0, 0.05) is 25.2 Å². The van der Waals surface area contributed by atoms with Crippen LogP contribution in [-0.2, 0) is 4.74 Å². The van der Waals surface area contributed by atoms with Gasteiger partial charge < -0.3 is 10.1 Å². The smallest absolute Gasteiger partial charge is 0.0619 e. The lowest BCUT2D eigenvalue weighted by Gasteiger charge is -2.42. The molecular formula is C17H28N2O. The van der Waals surface area contributed by atoms with Crippen LogP contribution in [0.3, 0.4) is 0 Å². The lowest BCUT2D eigenvalue weighted by molar-refractivity contribution is -0.0208. The minimum absolute atomic E-state index is 0.168. The molecule has 20 heavy (non-hydrogen) atoms. The first-order valence-electron chi connectivity index (χ1n) is 7.58. The molecule has 2 rings (SSSR count). The molecule has 0 spiro atoms. The Bertz CT molecular complexity index is 405. The van der Waals surface area contributed by atoms with E-state index in [1.807, 2.05) is 0 Å². The fourth-order valence-electron chi connectivity index (χ4n) is 3.27. The number of ether oxygens (including phenoxy) is 1. The molecule has 0 amide bonds. The predicted octanol–water partition coefficient (Wildman–Crippen LogP) is 2.69. The van der Waals surface area contributed by atoms with Gasteiger partial charge in [-0.25, -0.2) is 0 Å². The van der Waals surface area contributed by atoms with E-state index in [0.717, 1.165) is 26.3 Å². The monoisotopic (exact) mass is 276 g/mol. The quantitative estimate of drug-likeness (QED) is 0.895. The third-order valence-corrected chi connectivity index (χ3v) is 4.32. The maximum absolute atomic E-state index is 5.54. The molecule has 0 aliphatic carbocycles. The highest BCUT2D eigenvalue weighted by Gasteiger charge is 2.33. The molecule has 112 valence electrons. The van der Waals surface area contributed by atoms with Crippen LogP contribution in [0.1, 0.15) is 32.4 Å². The molecule has 0 radical (unpaired) electrons. The van der Waals surface area contributed by atoms with Crippen LogP contribution in [0.25, 0.3) is 0 Å². The van der Waals surface area contributed by atoms with Gasteiger partial charge in [-0.3, -0.25) is 4.90 Å². The van der Waals surface area contributed by atoms with Crippen LogP contribution in [0.2, 0.25) is 0 Å². The Balaban J connectivity index is 2.10. The summed E-state index contributed by atoms with van der Waals surface area (Å²) in [6.07, 6.45) is 0. The van der Waals surface area contributed by atoms with Crippen LogP contribution in [0, 0.1) is 5.41 Å². The number of morpholine rings is 1. The first kappa shape index (κ1) is 15.5. The van der Waals surface area contributed by atoms with Gasteiger partial charge in [0.15, 0.2) is 0 Å². The Morgan fingerprint density at radius 3 is 2.65 bits per heavy atom. The van der Waals surface area contributed by atoms with Gasteiger partial charge in [0.25, 0.3) is 0 Å². The summed E-state index contributed by atoms with van der Waals surface area (Å²) in [6, 6.07) is 11.6. The van der Waals surface area contributed by atoms with E-state index in [2.05, 4.69) is 68.4 Å². The average Bonchev–Trinajstić information content (AvgIpc) is 2.43. The van der Waals surface area contributed by atoms with E-state index in [1.54, 1.807) is 0 Å². The van der Waals surface area contributed by atoms with Crippen LogP contribution in [0.4, 0.5) is 0 Å². The number of benzene rings is 1. The van der Waals surface area contributed by atoms with E-state index < -0.39 is 0 Å². The van der Waals surface area contributed by atoms with Crippen molar-refractivity contribution in [3.8, 4) is 0 Å². The standard InChI is InChI=1S/C17H28N2O/c1-14-12-20-11-10-19(14)13-17(2,3)16(18-4)15-8-6-5-7-9-15/h5-9,14,16,18H,10-13H2,1-4H3. The van der Waals surface area contributed by atoms with Crippen LogP contribution in [-0.4, -0.2) is 44.3 Å². The first-order chi connectivity index (χ1) is 9.54. The molecule has 1 N–H and O–H groups in total. The predicted molar refractivity (Wildman–Crippen MR) is 83.9 cm³/mol. The molecule has 1 heterocycles. The minimum atomic E-state index is 0.168. The van der Waals surface area contributed by atoms with Crippen molar-refractivity contribution >= 4 is 0 Å². The third kappa shape index (κ3) is 3.60. The lowest BCUT2D eigenvalue weighted by Crippen LogP contribution is -2.50. The summed E-state index contributed by atoms with van der Waals surface area (Å²) in [5.41, 5.74) is 1.53. The summed E-state index contributed by atoms with van der Waals surface area (Å²) < 4.78 is 5.54. The minimum Gasteiger partial charge on any atom is -0.379 e. The second-order valence-electron chi connectivity index (χ2n) is 6.52. The van der Waals surface area contributed by atoms with Crippen LogP contribution < -0.4 is 5.32 Å². The van der Waals surface area contributed by atoms with Crippen LogP contribution in [0.5, 0.6) is 0 Å². The van der Waals surface area contributed by atoms with Gasteiger partial charge in [0.2, 0.25) is 0 Å². The fraction of sp³-hybridized carbons (Fsp3) is 0.647. The number of rotatable bonds is 5. The number of hydrogen-bond donors (Lipinski definition) is 1. The molecule has 3 heteroatoms. The summed E-state index contributed by atoms with van der Waals surface area (Å²) in [5.74, 6) is 0. The highest BCUT2D eigenvalue weighted by molar-refractivity contribution is 5.21. The van der Waals surface area contributed by atoms with E-state index in [4.69, 9.17) is 4.74 Å². The van der Waals surface area contributed by atoms with Gasteiger partial charge in [-0.15, -0.1) is 0 Å². The summed E-state index contributed by atoms with van der Waals surface area (Å²) in [6.45, 7) is 10.8. The molecule has 2 atom stereocenters. The van der Waals surface area contributed by atoms with Gasteiger partial charge in [0.05, 0.1) is 13.2 Å². The Labute approximate surface area is 123 Å². The molecule has 0 aromatic heterocycles. The summed E-state index contributed by atoms with van der Waals surface area (Å²) >= 11 is 0. The molecule has 3 nitrogen and oxygen atoms in total. The second-order valence-corrected chi connectivity index (χ2v) is 6.52. The number of nitrogens with zero attached hydrogens (tertiary/aromatic N) is 1. The number of nitrogens with one attached hydrogen (secondary N) is 1. The van der Waals surface area contributed by atoms with Crippen molar-refractivity contribution in [3.05, 3.63) is 35.9 Å². The maximum atomic E-state index is 5.54. The Kier molecular flexibility index (Phi) is 5.19. The van der Waals surface area contributed by atoms with Crippen molar-refractivity contribution in [3.63, 3.8) is 0 Å². The molecule has 1 aromatic rings. The van der Waals surface area contributed by atoms with Crippen LogP contribution in [0.15, 0.2) is 30.3 Å². The van der Waals surface area contributed by atoms with Gasteiger partial charge in [0.1, 0.15) is 0 Å². The van der Waals surface area contributed by atoms with Gasteiger partial charge in [-0.2, -0.15) is 0 Å². The number of hydrogen-bond acceptors (Lipinski definition) is 3. The largest absolute Gasteiger partial charge is 0.379 e. The maximum Gasteiger partial charge on any atom is 0.0619 e. The first-order valence-corrected chi connectivity index (χ1v) is 7.58. The van der Waals surface area contributed by atoms with E-state index in [0.29, 0.717) is 12.1 Å². The zero-order chi connectivity index (χ0) is 14.6. The average molecular weight is 276 g/mol. The van der Waals surface area contributed by atoms with E-state index in [9.17, 15) is 0 Å². The third-order valence-electron chi connectivity index (χ3n) is 4.32. The van der Waals surface area contributed by atoms with Crippen molar-refractivity contribution in [1.29, 1.82) is 0 Å². The van der Waals surface area contributed by atoms with Crippen molar-refractivity contribution < 1.29 is 4.74 Å². The molecule has 1 aromatic carbocycles. The Morgan fingerprint density at radius 1 is 1.35 bits per heavy atom. The molecule has 2 unspecified atom stereocenters.